The summed E-state index contributed by atoms with van der Waals surface area (Å²) in [5.41, 5.74) is -4.69. The lowest BCUT2D eigenvalue weighted by Crippen LogP contribution is -2.39. The van der Waals surface area contributed by atoms with Gasteiger partial charge in [-0.3, -0.25) is 13.6 Å². The summed E-state index contributed by atoms with van der Waals surface area (Å²) in [6.07, 6.45) is 8.45. The lowest BCUT2D eigenvalue weighted by Gasteiger charge is -2.40. The molecule has 0 aromatic carbocycles. The van der Waals surface area contributed by atoms with Gasteiger partial charge >= 0.3 is 7.82 Å². The molecule has 0 aromatic heterocycles. The second-order valence-corrected chi connectivity index (χ2v) is 9.96. The van der Waals surface area contributed by atoms with Crippen LogP contribution >= 0.6 is 7.82 Å². The summed E-state index contributed by atoms with van der Waals surface area (Å²) < 4.78 is 31.0. The predicted octanol–water partition coefficient (Wildman–Crippen LogP) is 6.42. The Bertz CT molecular complexity index is 556. The molecule has 0 radical (unpaired) electrons. The highest BCUT2D eigenvalue weighted by atomic mass is 31.2. The molecular formula is C18H30N3O7P. The third-order valence-electron chi connectivity index (χ3n) is 6.25. The van der Waals surface area contributed by atoms with Crippen LogP contribution in [0.25, 0.3) is 0 Å². The molecule has 0 unspecified atom stereocenters. The summed E-state index contributed by atoms with van der Waals surface area (Å²) in [5.74, 6) is 0. The fourth-order valence-electron chi connectivity index (χ4n) is 4.59. The number of phosphoric acid groups is 1. The Labute approximate surface area is 170 Å². The van der Waals surface area contributed by atoms with Crippen LogP contribution in [-0.4, -0.2) is 17.2 Å². The molecule has 3 fully saturated rings. The normalized spacial score (nSPS) is 26.3. The van der Waals surface area contributed by atoms with Crippen LogP contribution in [-0.2, 0) is 18.1 Å². The molecule has 0 saturated heterocycles. The topological polar surface area (TPSA) is 133 Å². The van der Waals surface area contributed by atoms with Crippen LogP contribution in [0.3, 0.4) is 0 Å². The van der Waals surface area contributed by atoms with Gasteiger partial charge in [0, 0.05) is 38.5 Å². The molecule has 0 bridgehead atoms. The van der Waals surface area contributed by atoms with Gasteiger partial charge in [-0.05, 0) is 54.1 Å². The summed E-state index contributed by atoms with van der Waals surface area (Å²) in [7, 11) is -4.55. The lowest BCUT2D eigenvalue weighted by atomic mass is 9.93. The summed E-state index contributed by atoms with van der Waals surface area (Å²) in [5, 5.41) is 9.38. The quantitative estimate of drug-likeness (QED) is 0.303. The molecule has 0 aromatic rings. The zero-order valence-corrected chi connectivity index (χ0v) is 17.6. The third-order valence-corrected chi connectivity index (χ3v) is 7.94. The van der Waals surface area contributed by atoms with E-state index < -0.39 is 25.0 Å². The lowest BCUT2D eigenvalue weighted by molar-refractivity contribution is -0.0875. The first-order valence-electron chi connectivity index (χ1n) is 10.7. The van der Waals surface area contributed by atoms with E-state index in [9.17, 15) is 19.3 Å². The number of nitroso groups, excluding NO2 is 3. The second kappa shape index (κ2) is 9.37. The van der Waals surface area contributed by atoms with Gasteiger partial charge in [-0.2, -0.15) is 0 Å². The van der Waals surface area contributed by atoms with E-state index in [0.717, 1.165) is 19.3 Å². The number of hydrogen-bond acceptors (Lipinski definition) is 10. The zero-order chi connectivity index (χ0) is 20.8. The second-order valence-electron chi connectivity index (χ2n) is 8.52. The van der Waals surface area contributed by atoms with E-state index in [1.165, 1.54) is 0 Å². The van der Waals surface area contributed by atoms with Crippen molar-refractivity contribution in [3.05, 3.63) is 14.7 Å². The van der Waals surface area contributed by atoms with Gasteiger partial charge < -0.3 is 0 Å². The number of nitrogens with zero attached hydrogens (tertiary/aromatic N) is 3. The minimum atomic E-state index is -4.55. The van der Waals surface area contributed by atoms with Crippen molar-refractivity contribution < 1.29 is 18.1 Å². The molecule has 0 spiro atoms. The standard InChI is InChI=1S/C18H30N3O7P/c22-19-16(10-4-1-5-11-16)26-29(25,27-17(20-23)12-6-2-7-13-17)28-18(21-24)14-8-3-9-15-18/h1-15H2. The van der Waals surface area contributed by atoms with Crippen LogP contribution in [0.5, 0.6) is 0 Å². The zero-order valence-electron chi connectivity index (χ0n) is 16.8. The molecule has 3 rings (SSSR count). The molecule has 0 aliphatic heterocycles. The summed E-state index contributed by atoms with van der Waals surface area (Å²) >= 11 is 0. The van der Waals surface area contributed by atoms with Gasteiger partial charge in [-0.15, -0.1) is 14.7 Å². The molecule has 10 nitrogen and oxygen atoms in total. The molecule has 29 heavy (non-hydrogen) atoms. The molecule has 164 valence electrons. The Morgan fingerprint density at radius 1 is 0.483 bits per heavy atom. The first-order valence-corrected chi connectivity index (χ1v) is 12.1. The third kappa shape index (κ3) is 5.34. The summed E-state index contributed by atoms with van der Waals surface area (Å²) in [4.78, 5) is 35.0. The first kappa shape index (κ1) is 22.6. The fraction of sp³-hybridized carbons (Fsp3) is 1.00. The van der Waals surface area contributed by atoms with Gasteiger partial charge in [0.25, 0.3) is 0 Å². The van der Waals surface area contributed by atoms with Crippen LogP contribution in [0.15, 0.2) is 15.5 Å². The minimum Gasteiger partial charge on any atom is -0.254 e. The van der Waals surface area contributed by atoms with Gasteiger partial charge in [-0.25, -0.2) is 4.57 Å². The molecule has 11 heteroatoms. The predicted molar refractivity (Wildman–Crippen MR) is 106 cm³/mol. The monoisotopic (exact) mass is 431 g/mol. The largest absolute Gasteiger partial charge is 0.481 e. The molecule has 3 saturated carbocycles. The highest BCUT2D eigenvalue weighted by Gasteiger charge is 2.54. The van der Waals surface area contributed by atoms with Crippen molar-refractivity contribution in [2.24, 2.45) is 15.5 Å². The van der Waals surface area contributed by atoms with Crippen LogP contribution in [0.2, 0.25) is 0 Å². The van der Waals surface area contributed by atoms with Crippen molar-refractivity contribution >= 4 is 7.82 Å². The highest BCUT2D eigenvalue weighted by Crippen LogP contribution is 2.63. The van der Waals surface area contributed by atoms with E-state index in [-0.39, 0.29) is 38.5 Å². The summed E-state index contributed by atoms with van der Waals surface area (Å²) in [6, 6.07) is 0. The van der Waals surface area contributed by atoms with Gasteiger partial charge in [-0.1, -0.05) is 19.3 Å². The molecule has 0 heterocycles. The van der Waals surface area contributed by atoms with E-state index in [4.69, 9.17) is 13.6 Å². The van der Waals surface area contributed by atoms with Crippen LogP contribution in [0.1, 0.15) is 96.3 Å². The average molecular weight is 431 g/mol. The maximum Gasteiger partial charge on any atom is 0.481 e. The van der Waals surface area contributed by atoms with Crippen molar-refractivity contribution in [3.63, 3.8) is 0 Å². The number of rotatable bonds is 9. The Balaban J connectivity index is 1.90. The van der Waals surface area contributed by atoms with Crippen LogP contribution < -0.4 is 0 Å². The molecule has 3 aliphatic rings. The van der Waals surface area contributed by atoms with Gasteiger partial charge in [0.15, 0.2) is 0 Å². The van der Waals surface area contributed by atoms with E-state index in [1.54, 1.807) is 0 Å². The van der Waals surface area contributed by atoms with Crippen LogP contribution in [0.4, 0.5) is 0 Å². The molecule has 3 aliphatic carbocycles. The van der Waals surface area contributed by atoms with Crippen molar-refractivity contribution in [3.8, 4) is 0 Å². The SMILES string of the molecule is O=NC1(OP(=O)(OC2(N=O)CCCCC2)OC2(N=O)CCCCC2)CCCCC1. The Morgan fingerprint density at radius 2 is 0.724 bits per heavy atom. The first-order chi connectivity index (χ1) is 13.9. The van der Waals surface area contributed by atoms with Crippen molar-refractivity contribution in [2.75, 3.05) is 0 Å². The molecular weight excluding hydrogens is 401 g/mol. The Hall–Kier alpha value is -1.09. The maximum absolute atomic E-state index is 13.8. The average Bonchev–Trinajstić information content (AvgIpc) is 2.75. The van der Waals surface area contributed by atoms with E-state index in [1.807, 2.05) is 0 Å². The Kier molecular flexibility index (Phi) is 7.30. The minimum absolute atomic E-state index is 0.274. The van der Waals surface area contributed by atoms with Gasteiger partial charge in [0.1, 0.15) is 0 Å². The summed E-state index contributed by atoms with van der Waals surface area (Å²) in [6.45, 7) is 0. The number of phosphoric ester groups is 1. The Morgan fingerprint density at radius 3 is 0.931 bits per heavy atom. The molecule has 0 N–H and O–H groups in total. The van der Waals surface area contributed by atoms with E-state index in [0.29, 0.717) is 38.5 Å². The smallest absolute Gasteiger partial charge is 0.254 e. The fourth-order valence-corrected chi connectivity index (χ4v) is 6.60. The van der Waals surface area contributed by atoms with Crippen molar-refractivity contribution in [1.29, 1.82) is 0 Å². The van der Waals surface area contributed by atoms with Gasteiger partial charge in [0.05, 0.1) is 0 Å². The van der Waals surface area contributed by atoms with E-state index in [2.05, 4.69) is 15.5 Å². The van der Waals surface area contributed by atoms with E-state index >= 15 is 0 Å². The molecule has 0 amide bonds. The van der Waals surface area contributed by atoms with Crippen molar-refractivity contribution in [2.45, 2.75) is 113 Å². The van der Waals surface area contributed by atoms with Crippen LogP contribution in [0, 0.1) is 14.7 Å². The highest BCUT2D eigenvalue weighted by molar-refractivity contribution is 7.48. The number of hydrogen-bond donors (Lipinski definition) is 0. The van der Waals surface area contributed by atoms with Crippen molar-refractivity contribution in [1.82, 2.24) is 0 Å². The van der Waals surface area contributed by atoms with Gasteiger partial charge in [0.2, 0.25) is 17.2 Å². The molecule has 0 atom stereocenters. The maximum atomic E-state index is 13.8.